The molecule has 0 aromatic heterocycles. The van der Waals surface area contributed by atoms with Gasteiger partial charge in [0.15, 0.2) is 0 Å². The van der Waals surface area contributed by atoms with Crippen molar-refractivity contribution < 1.29 is 14.8 Å². The van der Waals surface area contributed by atoms with Gasteiger partial charge < -0.3 is 15.2 Å². The lowest BCUT2D eigenvalue weighted by atomic mass is 10.1. The van der Waals surface area contributed by atoms with E-state index in [4.69, 9.17) is 9.84 Å². The average Bonchev–Trinajstić information content (AvgIpc) is 2.89. The summed E-state index contributed by atoms with van der Waals surface area (Å²) in [6, 6.07) is 4.68. The van der Waals surface area contributed by atoms with Gasteiger partial charge in [-0.3, -0.25) is 10.1 Å². The normalized spacial score (nSPS) is 18.8. The standard InChI is InChI=1S/C12H16N2O4/c15-8-9-3-4-11(12(6-9)14(16)17)13-7-10-2-1-5-18-10/h3-4,6,10,13,15H,1-2,5,7-8H2/t10-/m0/s1. The SMILES string of the molecule is O=[N+]([O-])c1cc(CO)ccc1NC[C@@H]1CCCO1. The van der Waals surface area contributed by atoms with Crippen LogP contribution in [0.2, 0.25) is 0 Å². The average molecular weight is 252 g/mol. The molecular formula is C12H16N2O4. The first-order valence-electron chi connectivity index (χ1n) is 5.94. The van der Waals surface area contributed by atoms with Crippen molar-refractivity contribution in [3.63, 3.8) is 0 Å². The Balaban J connectivity index is 2.08. The number of ether oxygens (including phenoxy) is 1. The van der Waals surface area contributed by atoms with Crippen LogP contribution >= 0.6 is 0 Å². The Morgan fingerprint density at radius 3 is 3.00 bits per heavy atom. The summed E-state index contributed by atoms with van der Waals surface area (Å²) in [7, 11) is 0. The highest BCUT2D eigenvalue weighted by Crippen LogP contribution is 2.26. The van der Waals surface area contributed by atoms with Gasteiger partial charge in [0.1, 0.15) is 5.69 Å². The van der Waals surface area contributed by atoms with Crippen LogP contribution in [0.1, 0.15) is 18.4 Å². The monoisotopic (exact) mass is 252 g/mol. The van der Waals surface area contributed by atoms with E-state index in [2.05, 4.69) is 5.32 Å². The van der Waals surface area contributed by atoms with Crippen molar-refractivity contribution >= 4 is 11.4 Å². The Bertz CT molecular complexity index is 430. The van der Waals surface area contributed by atoms with Crippen LogP contribution in [0.4, 0.5) is 11.4 Å². The van der Waals surface area contributed by atoms with Crippen molar-refractivity contribution in [2.24, 2.45) is 0 Å². The van der Waals surface area contributed by atoms with Gasteiger partial charge in [-0.05, 0) is 24.5 Å². The van der Waals surface area contributed by atoms with Crippen LogP contribution in [-0.2, 0) is 11.3 Å². The first kappa shape index (κ1) is 12.8. The molecule has 1 aromatic rings. The molecule has 18 heavy (non-hydrogen) atoms. The predicted molar refractivity (Wildman–Crippen MR) is 66.5 cm³/mol. The molecule has 6 nitrogen and oxygen atoms in total. The number of hydrogen-bond acceptors (Lipinski definition) is 5. The van der Waals surface area contributed by atoms with Gasteiger partial charge in [0.05, 0.1) is 17.6 Å². The number of anilines is 1. The lowest BCUT2D eigenvalue weighted by molar-refractivity contribution is -0.384. The van der Waals surface area contributed by atoms with Crippen LogP contribution in [0, 0.1) is 10.1 Å². The van der Waals surface area contributed by atoms with Crippen molar-refractivity contribution in [2.75, 3.05) is 18.5 Å². The van der Waals surface area contributed by atoms with E-state index in [-0.39, 0.29) is 18.4 Å². The molecule has 0 unspecified atom stereocenters. The minimum absolute atomic E-state index is 0.0143. The highest BCUT2D eigenvalue weighted by Gasteiger charge is 2.18. The van der Waals surface area contributed by atoms with Crippen molar-refractivity contribution in [1.82, 2.24) is 0 Å². The molecule has 1 saturated heterocycles. The number of aliphatic hydroxyl groups is 1. The molecule has 0 spiro atoms. The summed E-state index contributed by atoms with van der Waals surface area (Å²) < 4.78 is 5.45. The second-order valence-corrected chi connectivity index (χ2v) is 4.28. The molecular weight excluding hydrogens is 236 g/mol. The molecule has 1 aliphatic rings. The summed E-state index contributed by atoms with van der Waals surface area (Å²) in [6.07, 6.45) is 2.15. The largest absolute Gasteiger partial charge is 0.392 e. The number of nitrogens with one attached hydrogen (secondary N) is 1. The second-order valence-electron chi connectivity index (χ2n) is 4.28. The molecule has 1 fully saturated rings. The highest BCUT2D eigenvalue weighted by molar-refractivity contribution is 5.62. The molecule has 1 heterocycles. The quantitative estimate of drug-likeness (QED) is 0.615. The first-order chi connectivity index (χ1) is 8.70. The summed E-state index contributed by atoms with van der Waals surface area (Å²) in [4.78, 5) is 10.5. The molecule has 1 aliphatic heterocycles. The number of nitro groups is 1. The van der Waals surface area contributed by atoms with Crippen LogP contribution in [0.5, 0.6) is 0 Å². The molecule has 6 heteroatoms. The van der Waals surface area contributed by atoms with Gasteiger partial charge >= 0.3 is 0 Å². The van der Waals surface area contributed by atoms with E-state index in [1.54, 1.807) is 12.1 Å². The number of hydrogen-bond donors (Lipinski definition) is 2. The Morgan fingerprint density at radius 2 is 2.39 bits per heavy atom. The van der Waals surface area contributed by atoms with Crippen molar-refractivity contribution in [3.8, 4) is 0 Å². The molecule has 0 amide bonds. The third-order valence-electron chi connectivity index (χ3n) is 2.99. The first-order valence-corrected chi connectivity index (χ1v) is 5.94. The zero-order valence-electron chi connectivity index (χ0n) is 9.96. The number of aliphatic hydroxyl groups excluding tert-OH is 1. The highest BCUT2D eigenvalue weighted by atomic mass is 16.6. The predicted octanol–water partition coefficient (Wildman–Crippen LogP) is 1.68. The molecule has 2 rings (SSSR count). The summed E-state index contributed by atoms with van der Waals surface area (Å²) in [5, 5.41) is 23.0. The molecule has 0 aliphatic carbocycles. The maximum absolute atomic E-state index is 10.9. The van der Waals surface area contributed by atoms with E-state index in [1.165, 1.54) is 6.07 Å². The third-order valence-corrected chi connectivity index (χ3v) is 2.99. The van der Waals surface area contributed by atoms with E-state index >= 15 is 0 Å². The Labute approximate surface area is 105 Å². The molecule has 1 aromatic carbocycles. The fourth-order valence-electron chi connectivity index (χ4n) is 2.01. The fraction of sp³-hybridized carbons (Fsp3) is 0.500. The summed E-state index contributed by atoms with van der Waals surface area (Å²) in [6.45, 7) is 1.13. The molecule has 1 atom stereocenters. The smallest absolute Gasteiger partial charge is 0.292 e. The zero-order chi connectivity index (χ0) is 13.0. The Kier molecular flexibility index (Phi) is 4.11. The van der Waals surface area contributed by atoms with Crippen LogP contribution in [0.25, 0.3) is 0 Å². The maximum atomic E-state index is 10.9. The van der Waals surface area contributed by atoms with Crippen LogP contribution < -0.4 is 5.32 Å². The van der Waals surface area contributed by atoms with E-state index < -0.39 is 4.92 Å². The number of benzene rings is 1. The fourth-order valence-corrected chi connectivity index (χ4v) is 2.01. The van der Waals surface area contributed by atoms with Gasteiger partial charge in [0, 0.05) is 19.2 Å². The minimum Gasteiger partial charge on any atom is -0.392 e. The summed E-state index contributed by atoms with van der Waals surface area (Å²) in [5.74, 6) is 0. The molecule has 0 saturated carbocycles. The van der Waals surface area contributed by atoms with E-state index in [9.17, 15) is 10.1 Å². The van der Waals surface area contributed by atoms with Gasteiger partial charge in [-0.15, -0.1) is 0 Å². The molecule has 0 radical (unpaired) electrons. The third kappa shape index (κ3) is 2.96. The number of nitro benzene ring substituents is 1. The lowest BCUT2D eigenvalue weighted by Crippen LogP contribution is -2.18. The Morgan fingerprint density at radius 1 is 1.56 bits per heavy atom. The van der Waals surface area contributed by atoms with Gasteiger partial charge in [-0.25, -0.2) is 0 Å². The second kappa shape index (κ2) is 5.79. The molecule has 0 bridgehead atoms. The number of nitrogens with zero attached hydrogens (tertiary/aromatic N) is 1. The zero-order valence-corrected chi connectivity index (χ0v) is 9.96. The van der Waals surface area contributed by atoms with Gasteiger partial charge in [0.2, 0.25) is 0 Å². The van der Waals surface area contributed by atoms with E-state index in [1.807, 2.05) is 0 Å². The maximum Gasteiger partial charge on any atom is 0.292 e. The van der Waals surface area contributed by atoms with Gasteiger partial charge in [-0.1, -0.05) is 6.07 Å². The van der Waals surface area contributed by atoms with Crippen molar-refractivity contribution in [1.29, 1.82) is 0 Å². The Hall–Kier alpha value is -1.66. The van der Waals surface area contributed by atoms with E-state index in [0.717, 1.165) is 19.4 Å². The van der Waals surface area contributed by atoms with Crippen LogP contribution in [-0.4, -0.2) is 29.3 Å². The van der Waals surface area contributed by atoms with Crippen LogP contribution in [0.3, 0.4) is 0 Å². The lowest BCUT2D eigenvalue weighted by Gasteiger charge is -2.12. The van der Waals surface area contributed by atoms with Crippen LogP contribution in [0.15, 0.2) is 18.2 Å². The van der Waals surface area contributed by atoms with E-state index in [0.29, 0.717) is 17.8 Å². The van der Waals surface area contributed by atoms with Gasteiger partial charge in [-0.2, -0.15) is 0 Å². The topological polar surface area (TPSA) is 84.6 Å². The molecule has 98 valence electrons. The summed E-state index contributed by atoms with van der Waals surface area (Å²) in [5.41, 5.74) is 0.983. The van der Waals surface area contributed by atoms with Crippen molar-refractivity contribution in [3.05, 3.63) is 33.9 Å². The minimum atomic E-state index is -0.447. The molecule has 2 N–H and O–H groups in total. The number of rotatable bonds is 5. The summed E-state index contributed by atoms with van der Waals surface area (Å²) >= 11 is 0. The van der Waals surface area contributed by atoms with Gasteiger partial charge in [0.25, 0.3) is 5.69 Å². The van der Waals surface area contributed by atoms with Crippen molar-refractivity contribution in [2.45, 2.75) is 25.6 Å².